The predicted octanol–water partition coefficient (Wildman–Crippen LogP) is 4.79. The van der Waals surface area contributed by atoms with Crippen molar-refractivity contribution in [2.75, 3.05) is 23.1 Å². The van der Waals surface area contributed by atoms with Crippen LogP contribution in [0.3, 0.4) is 0 Å². The molecule has 1 fully saturated rings. The van der Waals surface area contributed by atoms with E-state index in [1.54, 1.807) is 29.8 Å². The number of anilines is 2. The zero-order valence-corrected chi connectivity index (χ0v) is 16.8. The number of thioether (sulfide) groups is 1. The van der Waals surface area contributed by atoms with Crippen LogP contribution in [0.1, 0.15) is 20.6 Å². The van der Waals surface area contributed by atoms with Gasteiger partial charge >= 0.3 is 0 Å². The summed E-state index contributed by atoms with van der Waals surface area (Å²) in [6, 6.07) is 18.8. The zero-order valence-electron chi connectivity index (χ0n) is 15.1. The molecule has 0 saturated carbocycles. The van der Waals surface area contributed by atoms with Crippen molar-refractivity contribution in [2.45, 2.75) is 5.37 Å². The van der Waals surface area contributed by atoms with Gasteiger partial charge in [0.05, 0.1) is 17.7 Å². The van der Waals surface area contributed by atoms with E-state index in [0.717, 1.165) is 17.0 Å². The number of carbonyl (C=O) groups is 2. The van der Waals surface area contributed by atoms with Gasteiger partial charge in [-0.05, 0) is 53.4 Å². The van der Waals surface area contributed by atoms with E-state index < -0.39 is 0 Å². The van der Waals surface area contributed by atoms with E-state index in [-0.39, 0.29) is 17.2 Å². The van der Waals surface area contributed by atoms with E-state index in [1.807, 2.05) is 60.0 Å². The zero-order chi connectivity index (χ0) is 19.5. The molecule has 0 aliphatic carbocycles. The second-order valence-electron chi connectivity index (χ2n) is 6.18. The molecule has 28 heavy (non-hydrogen) atoms. The number of carbonyl (C=O) groups excluding carboxylic acids is 2. The molecule has 2 heterocycles. The Morgan fingerprint density at radius 1 is 1.14 bits per heavy atom. The minimum Gasteiger partial charge on any atom is -0.497 e. The summed E-state index contributed by atoms with van der Waals surface area (Å²) in [5.41, 5.74) is 2.51. The van der Waals surface area contributed by atoms with Gasteiger partial charge in [-0.25, -0.2) is 0 Å². The summed E-state index contributed by atoms with van der Waals surface area (Å²) in [5, 5.41) is 4.67. The number of rotatable bonds is 5. The van der Waals surface area contributed by atoms with Crippen LogP contribution in [-0.2, 0) is 4.79 Å². The van der Waals surface area contributed by atoms with E-state index in [9.17, 15) is 9.59 Å². The van der Waals surface area contributed by atoms with E-state index in [0.29, 0.717) is 16.3 Å². The molecule has 0 bridgehead atoms. The monoisotopic (exact) mass is 410 g/mol. The van der Waals surface area contributed by atoms with Gasteiger partial charge in [-0.3, -0.25) is 14.5 Å². The summed E-state index contributed by atoms with van der Waals surface area (Å²) < 4.78 is 5.21. The third kappa shape index (κ3) is 3.76. The molecule has 1 N–H and O–H groups in total. The lowest BCUT2D eigenvalue weighted by Crippen LogP contribution is -2.27. The second-order valence-corrected chi connectivity index (χ2v) is 8.20. The summed E-state index contributed by atoms with van der Waals surface area (Å²) >= 11 is 2.98. The first-order valence-corrected chi connectivity index (χ1v) is 10.6. The van der Waals surface area contributed by atoms with Crippen LogP contribution >= 0.6 is 23.1 Å². The molecule has 142 valence electrons. The molecule has 5 nitrogen and oxygen atoms in total. The fraction of sp³-hybridized carbons (Fsp3) is 0.143. The maximum absolute atomic E-state index is 12.5. The molecule has 1 saturated heterocycles. The number of hydrogen-bond acceptors (Lipinski definition) is 5. The maximum Gasteiger partial charge on any atom is 0.265 e. The van der Waals surface area contributed by atoms with Crippen molar-refractivity contribution in [2.24, 2.45) is 0 Å². The first kappa shape index (κ1) is 18.6. The first-order valence-electron chi connectivity index (χ1n) is 8.68. The van der Waals surface area contributed by atoms with Gasteiger partial charge in [-0.2, -0.15) is 0 Å². The van der Waals surface area contributed by atoms with Gasteiger partial charge in [0, 0.05) is 11.4 Å². The highest BCUT2D eigenvalue weighted by Gasteiger charge is 2.34. The topological polar surface area (TPSA) is 58.6 Å². The molecule has 1 aliphatic heterocycles. The van der Waals surface area contributed by atoms with E-state index in [4.69, 9.17) is 4.74 Å². The minimum atomic E-state index is -0.139. The Bertz CT molecular complexity index is 987. The summed E-state index contributed by atoms with van der Waals surface area (Å²) in [6.07, 6.45) is 0. The highest BCUT2D eigenvalue weighted by atomic mass is 32.2. The molecule has 0 spiro atoms. The molecule has 4 rings (SSSR count). The minimum absolute atomic E-state index is 0.0631. The lowest BCUT2D eigenvalue weighted by Gasteiger charge is -2.25. The molecular weight excluding hydrogens is 392 g/mol. The van der Waals surface area contributed by atoms with Crippen molar-refractivity contribution < 1.29 is 14.3 Å². The molecular formula is C21H18N2O3S2. The molecule has 7 heteroatoms. The average molecular weight is 411 g/mol. The van der Waals surface area contributed by atoms with Crippen LogP contribution in [0.5, 0.6) is 5.75 Å². The number of thiophene rings is 1. The van der Waals surface area contributed by atoms with Crippen LogP contribution in [0.15, 0.2) is 66.0 Å². The molecule has 1 atom stereocenters. The van der Waals surface area contributed by atoms with Gasteiger partial charge in [0.15, 0.2) is 0 Å². The molecule has 1 aliphatic rings. The van der Waals surface area contributed by atoms with E-state index in [2.05, 4.69) is 5.32 Å². The quantitative estimate of drug-likeness (QED) is 0.657. The van der Waals surface area contributed by atoms with Crippen LogP contribution in [0, 0.1) is 0 Å². The maximum atomic E-state index is 12.5. The smallest absolute Gasteiger partial charge is 0.265 e. The van der Waals surface area contributed by atoms with Gasteiger partial charge in [-0.1, -0.05) is 18.2 Å². The Balaban J connectivity index is 1.58. The van der Waals surface area contributed by atoms with Crippen molar-refractivity contribution in [3.05, 3.63) is 76.5 Å². The largest absolute Gasteiger partial charge is 0.497 e. The molecule has 0 unspecified atom stereocenters. The SMILES string of the molecule is COc1ccc(N2C(=O)CS[C@@H]2c2cccc(NC(=O)c3cccs3)c2)cc1. The van der Waals surface area contributed by atoms with Crippen LogP contribution in [0.25, 0.3) is 0 Å². The van der Waals surface area contributed by atoms with Crippen LogP contribution in [0.4, 0.5) is 11.4 Å². The van der Waals surface area contributed by atoms with Crippen molar-refractivity contribution in [3.8, 4) is 5.75 Å². The summed E-state index contributed by atoms with van der Waals surface area (Å²) in [4.78, 5) is 27.3. The Labute approximate surface area is 171 Å². The van der Waals surface area contributed by atoms with Gasteiger partial charge in [0.2, 0.25) is 5.91 Å². The van der Waals surface area contributed by atoms with Gasteiger partial charge < -0.3 is 10.1 Å². The van der Waals surface area contributed by atoms with Crippen molar-refractivity contribution >= 4 is 46.3 Å². The lowest BCUT2D eigenvalue weighted by molar-refractivity contribution is -0.115. The van der Waals surface area contributed by atoms with Crippen LogP contribution in [0.2, 0.25) is 0 Å². The second kappa shape index (κ2) is 8.08. The predicted molar refractivity (Wildman–Crippen MR) is 114 cm³/mol. The molecule has 1 aromatic heterocycles. The Hall–Kier alpha value is -2.77. The standard InChI is InChI=1S/C21H18N2O3S2/c1-26-17-9-7-16(8-10-17)23-19(24)13-28-21(23)14-4-2-5-15(12-14)22-20(25)18-6-3-11-27-18/h2-12,21H,13H2,1H3,(H,22,25)/t21-/m1/s1. The fourth-order valence-electron chi connectivity index (χ4n) is 3.06. The Morgan fingerprint density at radius 3 is 2.68 bits per heavy atom. The number of hydrogen-bond donors (Lipinski definition) is 1. The van der Waals surface area contributed by atoms with E-state index in [1.165, 1.54) is 11.3 Å². The Kier molecular flexibility index (Phi) is 5.36. The average Bonchev–Trinajstić information content (AvgIpc) is 3.38. The molecule has 2 aromatic carbocycles. The molecule has 0 radical (unpaired) electrons. The highest BCUT2D eigenvalue weighted by molar-refractivity contribution is 8.00. The molecule has 3 aromatic rings. The lowest BCUT2D eigenvalue weighted by atomic mass is 10.1. The van der Waals surface area contributed by atoms with Crippen LogP contribution < -0.4 is 15.0 Å². The Morgan fingerprint density at radius 2 is 1.96 bits per heavy atom. The first-order chi connectivity index (χ1) is 13.7. The van der Waals surface area contributed by atoms with Crippen molar-refractivity contribution in [1.82, 2.24) is 0 Å². The number of benzene rings is 2. The van der Waals surface area contributed by atoms with Crippen LogP contribution in [-0.4, -0.2) is 24.7 Å². The van der Waals surface area contributed by atoms with E-state index >= 15 is 0 Å². The number of amides is 2. The highest BCUT2D eigenvalue weighted by Crippen LogP contribution is 2.42. The van der Waals surface area contributed by atoms with Gasteiger partial charge in [0.25, 0.3) is 5.91 Å². The number of nitrogens with one attached hydrogen (secondary N) is 1. The summed E-state index contributed by atoms with van der Waals surface area (Å²) in [6.45, 7) is 0. The number of methoxy groups -OCH3 is 1. The number of nitrogens with zero attached hydrogens (tertiary/aromatic N) is 1. The van der Waals surface area contributed by atoms with Crippen molar-refractivity contribution in [1.29, 1.82) is 0 Å². The van der Waals surface area contributed by atoms with Gasteiger partial charge in [0.1, 0.15) is 11.1 Å². The summed E-state index contributed by atoms with van der Waals surface area (Å²) in [7, 11) is 1.62. The summed E-state index contributed by atoms with van der Waals surface area (Å²) in [5.74, 6) is 1.10. The number of ether oxygens (including phenoxy) is 1. The van der Waals surface area contributed by atoms with Gasteiger partial charge in [-0.15, -0.1) is 23.1 Å². The third-order valence-electron chi connectivity index (χ3n) is 4.39. The molecule has 2 amide bonds. The third-order valence-corrected chi connectivity index (χ3v) is 6.47. The fourth-order valence-corrected chi connectivity index (χ4v) is 4.85. The van der Waals surface area contributed by atoms with Crippen molar-refractivity contribution in [3.63, 3.8) is 0 Å². The normalized spacial score (nSPS) is 16.2.